The summed E-state index contributed by atoms with van der Waals surface area (Å²) < 4.78 is 39.6. The van der Waals surface area contributed by atoms with Crippen LogP contribution in [0.1, 0.15) is 34.1 Å². The zero-order valence-electron chi connectivity index (χ0n) is 16.4. The highest BCUT2D eigenvalue weighted by Crippen LogP contribution is 2.26. The van der Waals surface area contributed by atoms with Crippen LogP contribution in [-0.2, 0) is 42.9 Å². The number of carbonyl (C=O) groups excluding carboxylic acids is 4. The first-order valence-electron chi connectivity index (χ1n) is 8.67. The van der Waals surface area contributed by atoms with Crippen LogP contribution in [-0.4, -0.2) is 74.3 Å². The monoisotopic (exact) mass is 407 g/mol. The molecule has 0 aromatic carbocycles. The maximum absolute atomic E-state index is 14.6. The number of hydrogen-bond donors (Lipinski definition) is 1. The van der Waals surface area contributed by atoms with Gasteiger partial charge in [0.2, 0.25) is 0 Å². The van der Waals surface area contributed by atoms with Crippen molar-refractivity contribution in [3.05, 3.63) is 0 Å². The van der Waals surface area contributed by atoms with Crippen LogP contribution < -0.4 is 5.32 Å². The van der Waals surface area contributed by atoms with Gasteiger partial charge < -0.3 is 29.0 Å². The maximum atomic E-state index is 14.6. The lowest BCUT2D eigenvalue weighted by Gasteiger charge is -2.41. The summed E-state index contributed by atoms with van der Waals surface area (Å²) in [6.45, 7) is 4.79. The van der Waals surface area contributed by atoms with Crippen molar-refractivity contribution >= 4 is 23.8 Å². The lowest BCUT2D eigenvalue weighted by Crippen LogP contribution is -2.64. The molecule has 0 aromatic heterocycles. The van der Waals surface area contributed by atoms with Gasteiger partial charge in [0.25, 0.3) is 5.91 Å². The van der Waals surface area contributed by atoms with Crippen molar-refractivity contribution in [2.75, 3.05) is 13.7 Å². The predicted octanol–water partition coefficient (Wildman–Crippen LogP) is 0.0171. The highest BCUT2D eigenvalue weighted by atomic mass is 19.1. The largest absolute Gasteiger partial charge is 0.466 e. The van der Waals surface area contributed by atoms with E-state index in [1.54, 1.807) is 6.92 Å². The molecule has 6 atom stereocenters. The molecule has 1 rings (SSSR count). The molecule has 1 saturated heterocycles. The van der Waals surface area contributed by atoms with Gasteiger partial charge >= 0.3 is 17.9 Å². The van der Waals surface area contributed by atoms with Crippen LogP contribution in [0.5, 0.6) is 0 Å². The van der Waals surface area contributed by atoms with Crippen molar-refractivity contribution in [2.24, 2.45) is 0 Å². The molecule has 0 saturated carbocycles. The Morgan fingerprint density at radius 1 is 1.11 bits per heavy atom. The van der Waals surface area contributed by atoms with Crippen LogP contribution in [0.2, 0.25) is 0 Å². The van der Waals surface area contributed by atoms with E-state index in [9.17, 15) is 23.6 Å². The Balaban J connectivity index is 2.92. The average molecular weight is 407 g/mol. The van der Waals surface area contributed by atoms with Gasteiger partial charge in [-0.05, 0) is 6.92 Å². The van der Waals surface area contributed by atoms with E-state index in [4.69, 9.17) is 23.7 Å². The number of methoxy groups -OCH3 is 1. The number of hydrogen-bond acceptors (Lipinski definition) is 9. The molecule has 0 aromatic rings. The number of carbonyl (C=O) groups is 4. The minimum Gasteiger partial charge on any atom is -0.466 e. The first-order valence-corrected chi connectivity index (χ1v) is 8.67. The minimum atomic E-state index is -1.86. The SMILES string of the molecule is CO[C@H]1O[C@H](C)[C@@H](NC(=O)[C@H](CCOC(C)=O)OC(C)=O)[C@H](OC(C)=O)[C@H]1F. The molecule has 1 fully saturated rings. The fourth-order valence-electron chi connectivity index (χ4n) is 2.72. The van der Waals surface area contributed by atoms with Gasteiger partial charge in [0, 0.05) is 34.3 Å². The molecule has 1 aliphatic rings. The Morgan fingerprint density at radius 3 is 2.25 bits per heavy atom. The molecule has 0 radical (unpaired) electrons. The molecule has 1 aliphatic heterocycles. The quantitative estimate of drug-likeness (QED) is 0.437. The van der Waals surface area contributed by atoms with E-state index in [1.165, 1.54) is 14.0 Å². The summed E-state index contributed by atoms with van der Waals surface area (Å²) in [4.78, 5) is 46.1. The third kappa shape index (κ3) is 7.04. The second kappa shape index (κ2) is 10.9. The van der Waals surface area contributed by atoms with Crippen molar-refractivity contribution in [3.63, 3.8) is 0 Å². The summed E-state index contributed by atoms with van der Waals surface area (Å²) in [5.41, 5.74) is 0. The summed E-state index contributed by atoms with van der Waals surface area (Å²) in [5.74, 6) is -2.81. The summed E-state index contributed by atoms with van der Waals surface area (Å²) >= 11 is 0. The van der Waals surface area contributed by atoms with Gasteiger partial charge in [-0.15, -0.1) is 0 Å². The first-order chi connectivity index (χ1) is 13.1. The normalized spacial score (nSPS) is 28.0. The third-order valence-electron chi connectivity index (χ3n) is 3.91. The van der Waals surface area contributed by atoms with Gasteiger partial charge in [-0.25, -0.2) is 4.39 Å². The number of alkyl halides is 1. The van der Waals surface area contributed by atoms with E-state index in [-0.39, 0.29) is 13.0 Å². The van der Waals surface area contributed by atoms with Crippen molar-refractivity contribution in [3.8, 4) is 0 Å². The molecule has 0 spiro atoms. The second-order valence-electron chi connectivity index (χ2n) is 6.22. The van der Waals surface area contributed by atoms with Gasteiger partial charge in [-0.1, -0.05) is 0 Å². The molecule has 10 nitrogen and oxygen atoms in total. The summed E-state index contributed by atoms with van der Waals surface area (Å²) in [5, 5.41) is 2.49. The molecule has 160 valence electrons. The molecule has 1 heterocycles. The number of amides is 1. The van der Waals surface area contributed by atoms with Gasteiger partial charge in [0.1, 0.15) is 0 Å². The van der Waals surface area contributed by atoms with Crippen molar-refractivity contribution in [2.45, 2.75) is 70.9 Å². The lowest BCUT2D eigenvalue weighted by molar-refractivity contribution is -0.250. The van der Waals surface area contributed by atoms with E-state index in [0.29, 0.717) is 0 Å². The smallest absolute Gasteiger partial charge is 0.303 e. The van der Waals surface area contributed by atoms with Crippen molar-refractivity contribution in [1.82, 2.24) is 5.32 Å². The van der Waals surface area contributed by atoms with Crippen LogP contribution in [0.15, 0.2) is 0 Å². The van der Waals surface area contributed by atoms with E-state index >= 15 is 0 Å². The van der Waals surface area contributed by atoms with Gasteiger partial charge in [0.05, 0.1) is 18.8 Å². The highest BCUT2D eigenvalue weighted by molar-refractivity contribution is 5.83. The molecule has 1 amide bonds. The standard InChI is InChI=1S/C17H26FNO9/c1-8-14(15(28-11(4)22)13(18)17(24-5)26-8)19-16(23)12(27-10(3)21)6-7-25-9(2)20/h8,12-15,17H,6-7H2,1-5H3,(H,19,23)/t8-,12+,13-,14-,15-,17+/m1/s1. The summed E-state index contributed by atoms with van der Waals surface area (Å²) in [6, 6.07) is -1.07. The lowest BCUT2D eigenvalue weighted by atomic mass is 9.97. The molecule has 11 heteroatoms. The highest BCUT2D eigenvalue weighted by Gasteiger charge is 2.48. The summed E-state index contributed by atoms with van der Waals surface area (Å²) in [6.07, 6.45) is -6.69. The Kier molecular flexibility index (Phi) is 9.26. The topological polar surface area (TPSA) is 126 Å². The Bertz CT molecular complexity index is 585. The molecular weight excluding hydrogens is 381 g/mol. The number of esters is 3. The van der Waals surface area contributed by atoms with E-state index in [1.807, 2.05) is 0 Å². The summed E-state index contributed by atoms with van der Waals surface area (Å²) in [7, 11) is 1.24. The van der Waals surface area contributed by atoms with Crippen LogP contribution in [0.4, 0.5) is 4.39 Å². The van der Waals surface area contributed by atoms with Crippen LogP contribution >= 0.6 is 0 Å². The van der Waals surface area contributed by atoms with Crippen LogP contribution in [0.25, 0.3) is 0 Å². The Morgan fingerprint density at radius 2 is 1.75 bits per heavy atom. The van der Waals surface area contributed by atoms with Gasteiger partial charge in [-0.3, -0.25) is 19.2 Å². The molecular formula is C17H26FNO9. The first kappa shape index (κ1) is 23.8. The third-order valence-corrected chi connectivity index (χ3v) is 3.91. The van der Waals surface area contributed by atoms with Crippen LogP contribution in [0, 0.1) is 0 Å². The predicted molar refractivity (Wildman–Crippen MR) is 90.5 cm³/mol. The fourth-order valence-corrected chi connectivity index (χ4v) is 2.72. The van der Waals surface area contributed by atoms with Crippen molar-refractivity contribution < 1.29 is 47.3 Å². The number of ether oxygens (including phenoxy) is 5. The maximum Gasteiger partial charge on any atom is 0.303 e. The van der Waals surface area contributed by atoms with E-state index < -0.39 is 60.6 Å². The van der Waals surface area contributed by atoms with Gasteiger partial charge in [0.15, 0.2) is 24.7 Å². The number of halogens is 1. The average Bonchev–Trinajstić information content (AvgIpc) is 2.58. The fraction of sp³-hybridized carbons (Fsp3) is 0.765. The Hall–Kier alpha value is -2.27. The van der Waals surface area contributed by atoms with Crippen molar-refractivity contribution in [1.29, 1.82) is 0 Å². The zero-order valence-corrected chi connectivity index (χ0v) is 16.4. The zero-order chi connectivity index (χ0) is 21.4. The van der Waals surface area contributed by atoms with E-state index in [0.717, 1.165) is 13.8 Å². The van der Waals surface area contributed by atoms with Gasteiger partial charge in [-0.2, -0.15) is 0 Å². The molecule has 0 aliphatic carbocycles. The number of rotatable bonds is 8. The molecule has 0 unspecified atom stereocenters. The molecule has 0 bridgehead atoms. The minimum absolute atomic E-state index is 0.106. The molecule has 1 N–H and O–H groups in total. The van der Waals surface area contributed by atoms with E-state index in [2.05, 4.69) is 5.32 Å². The Labute approximate surface area is 162 Å². The molecule has 28 heavy (non-hydrogen) atoms. The second-order valence-corrected chi connectivity index (χ2v) is 6.22. The number of nitrogens with one attached hydrogen (secondary N) is 1. The van der Waals surface area contributed by atoms with Crippen LogP contribution in [0.3, 0.4) is 0 Å².